The fourth-order valence-electron chi connectivity index (χ4n) is 0.244. The van der Waals surface area contributed by atoms with Gasteiger partial charge in [-0.1, -0.05) is 0 Å². The van der Waals surface area contributed by atoms with E-state index in [1.807, 2.05) is 0 Å². The fourth-order valence-corrected chi connectivity index (χ4v) is 1.27. The molecule has 0 aliphatic heterocycles. The van der Waals surface area contributed by atoms with Gasteiger partial charge in [0, 0.05) is 0 Å². The Labute approximate surface area is 71.1 Å². The van der Waals surface area contributed by atoms with Crippen molar-refractivity contribution in [2.45, 2.75) is 0 Å². The summed E-state index contributed by atoms with van der Waals surface area (Å²) in [5.41, 5.74) is 0. The molecule has 0 radical (unpaired) electrons. The first kappa shape index (κ1) is 10.2. The van der Waals surface area contributed by atoms with Crippen molar-refractivity contribution in [2.24, 2.45) is 0 Å². The minimum atomic E-state index is -2.05. The van der Waals surface area contributed by atoms with Crippen LogP contribution in [0.4, 0.5) is 9.59 Å². The second kappa shape index (κ2) is 5.91. The van der Waals surface area contributed by atoms with Crippen molar-refractivity contribution in [1.82, 2.24) is 0 Å². The number of carbonyl (C=O) groups is 2. The molecule has 0 aliphatic carbocycles. The van der Waals surface area contributed by atoms with Crippen molar-refractivity contribution in [3.63, 3.8) is 0 Å². The summed E-state index contributed by atoms with van der Waals surface area (Å²) in [4.78, 5) is 20.5. The van der Waals surface area contributed by atoms with Gasteiger partial charge in [0.25, 0.3) is 0 Å². The first-order valence-electron chi connectivity index (χ1n) is 2.62. The molecule has 0 heterocycles. The number of carbonyl (C=O) groups excluding carboxylic acids is 2. The van der Waals surface area contributed by atoms with Gasteiger partial charge in [0.15, 0.2) is 0 Å². The van der Waals surface area contributed by atoms with Crippen molar-refractivity contribution < 1.29 is 44.0 Å². The average Bonchev–Trinajstić information content (AvgIpc) is 2.04. The molecule has 60 valence electrons. The van der Waals surface area contributed by atoms with Crippen LogP contribution in [0.1, 0.15) is 0 Å². The molecule has 7 heteroatoms. The van der Waals surface area contributed by atoms with Gasteiger partial charge in [0.05, 0.1) is 0 Å². The van der Waals surface area contributed by atoms with Crippen LogP contribution in [0, 0.1) is 0 Å². The van der Waals surface area contributed by atoms with Gasteiger partial charge in [-0.3, -0.25) is 0 Å². The van der Waals surface area contributed by atoms with Crippen molar-refractivity contribution in [3.8, 4) is 0 Å². The van der Waals surface area contributed by atoms with Gasteiger partial charge >= 0.3 is 70.6 Å². The summed E-state index contributed by atoms with van der Waals surface area (Å²) in [5.74, 6) is 0. The quantitative estimate of drug-likeness (QED) is 0.492. The molecule has 0 bridgehead atoms. The number of ether oxygens (including phenoxy) is 2. The second-order valence-electron chi connectivity index (χ2n) is 1.31. The zero-order chi connectivity index (χ0) is 8.69. The Hall–Kier alpha value is -0.837. The zero-order valence-corrected chi connectivity index (χ0v) is 9.12. The van der Waals surface area contributed by atoms with E-state index in [9.17, 15) is 9.59 Å². The molecule has 0 atom stereocenters. The van der Waals surface area contributed by atoms with E-state index in [2.05, 4.69) is 16.6 Å². The van der Waals surface area contributed by atoms with Crippen LogP contribution in [-0.2, 0) is 34.4 Å². The van der Waals surface area contributed by atoms with E-state index in [0.29, 0.717) is 0 Å². The second-order valence-corrected chi connectivity index (χ2v) is 3.02. The van der Waals surface area contributed by atoms with Crippen molar-refractivity contribution in [2.75, 3.05) is 14.2 Å². The third-order valence-electron chi connectivity index (χ3n) is 0.687. The third kappa shape index (κ3) is 5.60. The molecule has 6 nitrogen and oxygen atoms in total. The van der Waals surface area contributed by atoms with Crippen LogP contribution in [0.2, 0.25) is 0 Å². The summed E-state index contributed by atoms with van der Waals surface area (Å²) in [7, 11) is 2.34. The van der Waals surface area contributed by atoms with Crippen molar-refractivity contribution >= 4 is 12.3 Å². The topological polar surface area (TPSA) is 71.1 Å². The van der Waals surface area contributed by atoms with E-state index in [0.717, 1.165) is 0 Å². The van der Waals surface area contributed by atoms with Crippen LogP contribution in [0.15, 0.2) is 0 Å². The molecule has 0 fully saturated rings. The van der Waals surface area contributed by atoms with Crippen LogP contribution in [0.3, 0.4) is 0 Å². The first-order chi connectivity index (χ1) is 5.20. The number of methoxy groups -OCH3 is 2. The summed E-state index contributed by atoms with van der Waals surface area (Å²) >= 11 is -2.05. The molecule has 0 aromatic heterocycles. The number of rotatable bonds is 2. The monoisotopic (exact) mass is 214 g/mol. The summed E-state index contributed by atoms with van der Waals surface area (Å²) in [6.07, 6.45) is -1.68. The van der Waals surface area contributed by atoms with Crippen molar-refractivity contribution in [1.29, 1.82) is 0 Å². The van der Waals surface area contributed by atoms with Gasteiger partial charge in [-0.15, -0.1) is 0 Å². The van der Waals surface area contributed by atoms with E-state index in [4.69, 9.17) is 0 Å². The molecule has 0 aromatic carbocycles. The Morgan fingerprint density at radius 1 is 1.00 bits per heavy atom. The summed E-state index contributed by atoms with van der Waals surface area (Å²) in [5, 5.41) is 0. The predicted octanol–water partition coefficient (Wildman–Crippen LogP) is 0.465. The molecule has 0 aliphatic rings. The van der Waals surface area contributed by atoms with Gasteiger partial charge in [-0.25, -0.2) is 0 Å². The standard InChI is InChI=1S/2C2H4O3.Zn/c2*1-5-2(3)4;/h2*1H3,(H,3,4);/q;;+2/p-2. The Morgan fingerprint density at radius 2 is 1.36 bits per heavy atom. The predicted molar refractivity (Wildman–Crippen MR) is 27.0 cm³/mol. The van der Waals surface area contributed by atoms with Gasteiger partial charge in [-0.2, -0.15) is 0 Å². The molecule has 0 spiro atoms. The van der Waals surface area contributed by atoms with Crippen LogP contribution >= 0.6 is 0 Å². The normalized spacial score (nSPS) is 7.45. The van der Waals surface area contributed by atoms with E-state index in [1.54, 1.807) is 0 Å². The van der Waals surface area contributed by atoms with Crippen LogP contribution in [-0.4, -0.2) is 26.5 Å². The molecular weight excluding hydrogens is 209 g/mol. The molecule has 0 aromatic rings. The Bertz CT molecular complexity index is 130. The van der Waals surface area contributed by atoms with Crippen molar-refractivity contribution in [3.05, 3.63) is 0 Å². The third-order valence-corrected chi connectivity index (χ3v) is 2.17. The minimum absolute atomic E-state index is 0.839. The zero-order valence-electron chi connectivity index (χ0n) is 6.16. The molecule has 0 amide bonds. The number of hydrogen-bond donors (Lipinski definition) is 0. The molecule has 0 N–H and O–H groups in total. The fraction of sp³-hybridized carbons (Fsp3) is 0.500. The van der Waals surface area contributed by atoms with Crippen LogP contribution in [0.5, 0.6) is 0 Å². The molecule has 0 saturated carbocycles. The van der Waals surface area contributed by atoms with Gasteiger partial charge in [0.2, 0.25) is 0 Å². The Balaban J connectivity index is 3.27. The molecular formula is C4H6O6Zn. The maximum atomic E-state index is 10.3. The SMILES string of the molecule is COC(=O)[O][Zn][O]C(=O)OC. The van der Waals surface area contributed by atoms with E-state index >= 15 is 0 Å². The molecule has 0 saturated heterocycles. The maximum absolute atomic E-state index is 10.3. The summed E-state index contributed by atoms with van der Waals surface area (Å²) < 4.78 is 17.0. The van der Waals surface area contributed by atoms with E-state index in [1.165, 1.54) is 14.2 Å². The average molecular weight is 215 g/mol. The molecule has 0 unspecified atom stereocenters. The van der Waals surface area contributed by atoms with Crippen LogP contribution < -0.4 is 0 Å². The van der Waals surface area contributed by atoms with Gasteiger partial charge < -0.3 is 0 Å². The number of hydrogen-bond acceptors (Lipinski definition) is 6. The van der Waals surface area contributed by atoms with Gasteiger partial charge in [-0.05, 0) is 0 Å². The van der Waals surface area contributed by atoms with Crippen LogP contribution in [0.25, 0.3) is 0 Å². The first-order valence-corrected chi connectivity index (χ1v) is 5.04. The van der Waals surface area contributed by atoms with Gasteiger partial charge in [0.1, 0.15) is 0 Å². The molecule has 11 heavy (non-hydrogen) atoms. The Kier molecular flexibility index (Phi) is 5.46. The summed E-state index contributed by atoms with van der Waals surface area (Å²) in [6, 6.07) is 0. The van der Waals surface area contributed by atoms with E-state index < -0.39 is 30.2 Å². The Morgan fingerprint density at radius 3 is 1.64 bits per heavy atom. The summed E-state index contributed by atoms with van der Waals surface area (Å²) in [6.45, 7) is 0. The van der Waals surface area contributed by atoms with E-state index in [-0.39, 0.29) is 0 Å². The molecule has 0 rings (SSSR count).